The Bertz CT molecular complexity index is 1160. The molecule has 1 heterocycles. The first-order valence-corrected chi connectivity index (χ1v) is 12.3. The summed E-state index contributed by atoms with van der Waals surface area (Å²) >= 11 is 0. The molecule has 0 bridgehead atoms. The van der Waals surface area contributed by atoms with Gasteiger partial charge in [0.25, 0.3) is 0 Å². The number of fused-ring (bicyclic) bond motifs is 1. The standard InChI is InChI=1S/C28H33N3O4/c1-3-34-23-7-4-6-22(15-23)28-30-17-19(2)26(31-28)18-29-12-5-13-35-24-10-11-25-20(14-24)8-9-21(25)16-27(32)33/h4,6-7,10-11,14-15,17,21,29H,3,5,8-9,12-13,16,18H2,1-2H3,(H,32,33)/t21-/m0/s1. The largest absolute Gasteiger partial charge is 0.494 e. The van der Waals surface area contributed by atoms with Gasteiger partial charge in [0, 0.05) is 18.3 Å². The molecule has 0 aliphatic heterocycles. The van der Waals surface area contributed by atoms with E-state index in [1.54, 1.807) is 0 Å². The lowest BCUT2D eigenvalue weighted by molar-refractivity contribution is -0.137. The Morgan fingerprint density at radius 3 is 2.86 bits per heavy atom. The van der Waals surface area contributed by atoms with Crippen LogP contribution in [0.1, 0.15) is 54.5 Å². The second-order valence-electron chi connectivity index (χ2n) is 8.86. The number of benzene rings is 2. The monoisotopic (exact) mass is 475 g/mol. The lowest BCUT2D eigenvalue weighted by atomic mass is 9.98. The van der Waals surface area contributed by atoms with Crippen molar-refractivity contribution < 1.29 is 19.4 Å². The zero-order chi connectivity index (χ0) is 24.6. The Kier molecular flexibility index (Phi) is 8.32. The van der Waals surface area contributed by atoms with Crippen LogP contribution in [0.4, 0.5) is 0 Å². The van der Waals surface area contributed by atoms with E-state index in [2.05, 4.69) is 16.4 Å². The van der Waals surface area contributed by atoms with Crippen LogP contribution < -0.4 is 14.8 Å². The summed E-state index contributed by atoms with van der Waals surface area (Å²) in [6.07, 6.45) is 4.75. The molecule has 7 nitrogen and oxygen atoms in total. The molecule has 0 amide bonds. The first-order chi connectivity index (χ1) is 17.0. The minimum Gasteiger partial charge on any atom is -0.494 e. The molecule has 7 heteroatoms. The molecule has 0 saturated heterocycles. The predicted molar refractivity (Wildman–Crippen MR) is 135 cm³/mol. The van der Waals surface area contributed by atoms with Gasteiger partial charge in [-0.15, -0.1) is 0 Å². The summed E-state index contributed by atoms with van der Waals surface area (Å²) in [5.41, 5.74) is 5.35. The van der Waals surface area contributed by atoms with Crippen molar-refractivity contribution in [2.75, 3.05) is 19.8 Å². The van der Waals surface area contributed by atoms with E-state index in [1.165, 1.54) is 5.56 Å². The van der Waals surface area contributed by atoms with Gasteiger partial charge in [-0.05, 0) is 86.5 Å². The third-order valence-corrected chi connectivity index (χ3v) is 6.28. The van der Waals surface area contributed by atoms with Gasteiger partial charge in [0.1, 0.15) is 11.5 Å². The molecule has 0 fully saturated rings. The van der Waals surface area contributed by atoms with Crippen LogP contribution in [0.2, 0.25) is 0 Å². The molecule has 0 saturated carbocycles. The van der Waals surface area contributed by atoms with Gasteiger partial charge in [-0.3, -0.25) is 4.79 Å². The maximum Gasteiger partial charge on any atom is 0.303 e. The summed E-state index contributed by atoms with van der Waals surface area (Å²) in [7, 11) is 0. The fourth-order valence-electron chi connectivity index (χ4n) is 4.48. The van der Waals surface area contributed by atoms with Crippen molar-refractivity contribution in [1.29, 1.82) is 0 Å². The van der Waals surface area contributed by atoms with Crippen LogP contribution in [0, 0.1) is 6.92 Å². The van der Waals surface area contributed by atoms with E-state index in [9.17, 15) is 4.79 Å². The predicted octanol–water partition coefficient (Wildman–Crippen LogP) is 4.91. The lowest BCUT2D eigenvalue weighted by Gasteiger charge is -2.12. The van der Waals surface area contributed by atoms with Gasteiger partial charge in [-0.25, -0.2) is 9.97 Å². The Labute approximate surface area is 206 Å². The minimum atomic E-state index is -0.736. The van der Waals surface area contributed by atoms with Gasteiger partial charge in [0.15, 0.2) is 5.82 Å². The highest BCUT2D eigenvalue weighted by atomic mass is 16.5. The van der Waals surface area contributed by atoms with Gasteiger partial charge in [0.05, 0.1) is 25.3 Å². The highest BCUT2D eigenvalue weighted by molar-refractivity contribution is 5.68. The van der Waals surface area contributed by atoms with Crippen molar-refractivity contribution in [2.45, 2.75) is 52.0 Å². The molecule has 1 atom stereocenters. The topological polar surface area (TPSA) is 93.6 Å². The second kappa shape index (κ2) is 11.8. The molecule has 2 aromatic carbocycles. The van der Waals surface area contributed by atoms with E-state index < -0.39 is 5.97 Å². The number of carboxylic acid groups (broad SMARTS) is 1. The summed E-state index contributed by atoms with van der Waals surface area (Å²) in [4.78, 5) is 20.3. The molecular formula is C28H33N3O4. The van der Waals surface area contributed by atoms with Gasteiger partial charge >= 0.3 is 5.97 Å². The SMILES string of the molecule is CCOc1cccc(-c2ncc(C)c(CNCCCOc3ccc4c(c3)CC[C@H]4CC(=O)O)n2)c1. The molecule has 1 aromatic heterocycles. The van der Waals surface area contributed by atoms with E-state index >= 15 is 0 Å². The molecule has 184 valence electrons. The summed E-state index contributed by atoms with van der Waals surface area (Å²) in [6.45, 7) is 6.70. The molecular weight excluding hydrogens is 442 g/mol. The zero-order valence-electron chi connectivity index (χ0n) is 20.4. The van der Waals surface area contributed by atoms with Crippen LogP contribution in [0.3, 0.4) is 0 Å². The van der Waals surface area contributed by atoms with Crippen molar-refractivity contribution in [3.8, 4) is 22.9 Å². The van der Waals surface area contributed by atoms with E-state index in [0.717, 1.165) is 59.7 Å². The number of aliphatic carboxylic acids is 1. The van der Waals surface area contributed by atoms with Crippen molar-refractivity contribution >= 4 is 5.97 Å². The van der Waals surface area contributed by atoms with Crippen LogP contribution in [-0.4, -0.2) is 40.8 Å². The van der Waals surface area contributed by atoms with Crippen molar-refractivity contribution in [1.82, 2.24) is 15.3 Å². The average Bonchev–Trinajstić information content (AvgIpc) is 3.24. The molecule has 0 spiro atoms. The molecule has 1 aliphatic rings. The van der Waals surface area contributed by atoms with Gasteiger partial charge in [-0.1, -0.05) is 18.2 Å². The van der Waals surface area contributed by atoms with Crippen LogP contribution in [0.15, 0.2) is 48.7 Å². The maximum absolute atomic E-state index is 11.0. The number of hydrogen-bond acceptors (Lipinski definition) is 6. The maximum atomic E-state index is 11.0. The molecule has 0 radical (unpaired) electrons. The fourth-order valence-corrected chi connectivity index (χ4v) is 4.48. The highest BCUT2D eigenvalue weighted by Crippen LogP contribution is 2.37. The van der Waals surface area contributed by atoms with E-state index in [4.69, 9.17) is 19.6 Å². The molecule has 35 heavy (non-hydrogen) atoms. The molecule has 3 aromatic rings. The fraction of sp³-hybridized carbons (Fsp3) is 0.393. The summed E-state index contributed by atoms with van der Waals surface area (Å²) in [5.74, 6) is 1.75. The number of nitrogens with one attached hydrogen (secondary N) is 1. The quantitative estimate of drug-likeness (QED) is 0.359. The third-order valence-electron chi connectivity index (χ3n) is 6.28. The van der Waals surface area contributed by atoms with E-state index in [-0.39, 0.29) is 12.3 Å². The smallest absolute Gasteiger partial charge is 0.303 e. The van der Waals surface area contributed by atoms with Crippen LogP contribution >= 0.6 is 0 Å². The van der Waals surface area contributed by atoms with Crippen LogP contribution in [0.25, 0.3) is 11.4 Å². The number of hydrogen-bond donors (Lipinski definition) is 2. The molecule has 2 N–H and O–H groups in total. The Balaban J connectivity index is 1.24. The van der Waals surface area contributed by atoms with Crippen molar-refractivity contribution in [2.24, 2.45) is 0 Å². The van der Waals surface area contributed by atoms with E-state index in [1.807, 2.05) is 56.4 Å². The first kappa shape index (κ1) is 24.7. The van der Waals surface area contributed by atoms with Crippen LogP contribution in [0.5, 0.6) is 11.5 Å². The average molecular weight is 476 g/mol. The van der Waals surface area contributed by atoms with Crippen LogP contribution in [-0.2, 0) is 17.8 Å². The van der Waals surface area contributed by atoms with Gasteiger partial charge in [0.2, 0.25) is 0 Å². The number of aromatic nitrogens is 2. The Morgan fingerprint density at radius 1 is 1.17 bits per heavy atom. The third kappa shape index (κ3) is 6.57. The van der Waals surface area contributed by atoms with Gasteiger partial charge < -0.3 is 19.9 Å². The summed E-state index contributed by atoms with van der Waals surface area (Å²) < 4.78 is 11.5. The minimum absolute atomic E-state index is 0.125. The van der Waals surface area contributed by atoms with Gasteiger partial charge in [-0.2, -0.15) is 0 Å². The number of ether oxygens (including phenoxy) is 2. The zero-order valence-corrected chi connectivity index (χ0v) is 20.4. The summed E-state index contributed by atoms with van der Waals surface area (Å²) in [6, 6.07) is 13.9. The number of rotatable bonds is 12. The number of carboxylic acids is 1. The number of carbonyl (C=O) groups is 1. The molecule has 4 rings (SSSR count). The molecule has 1 aliphatic carbocycles. The normalized spacial score (nSPS) is 14.5. The Hall–Kier alpha value is -3.45. The van der Waals surface area contributed by atoms with Crippen molar-refractivity contribution in [3.05, 3.63) is 71.0 Å². The highest BCUT2D eigenvalue weighted by Gasteiger charge is 2.24. The second-order valence-corrected chi connectivity index (χ2v) is 8.86. The molecule has 0 unspecified atom stereocenters. The lowest BCUT2D eigenvalue weighted by Crippen LogP contribution is -2.19. The Morgan fingerprint density at radius 2 is 2.03 bits per heavy atom. The van der Waals surface area contributed by atoms with Crippen molar-refractivity contribution in [3.63, 3.8) is 0 Å². The van der Waals surface area contributed by atoms with E-state index in [0.29, 0.717) is 25.6 Å². The number of nitrogens with zero attached hydrogens (tertiary/aromatic N) is 2. The first-order valence-electron chi connectivity index (χ1n) is 12.3. The summed E-state index contributed by atoms with van der Waals surface area (Å²) in [5, 5.41) is 12.5. The number of aryl methyl sites for hydroxylation is 2.